The number of carbonyl (C=O) groups is 2. The van der Waals surface area contributed by atoms with Gasteiger partial charge < -0.3 is 15.7 Å². The highest BCUT2D eigenvalue weighted by atomic mass is 35.5. The quantitative estimate of drug-likeness (QED) is 0.747. The topological polar surface area (TPSA) is 78.4 Å². The maximum absolute atomic E-state index is 11.8. The smallest absolute Gasteiger partial charge is 0.319 e. The third-order valence-corrected chi connectivity index (χ3v) is 3.12. The van der Waals surface area contributed by atoms with Crippen LogP contribution in [-0.4, -0.2) is 23.1 Å². The molecule has 0 aliphatic rings. The Labute approximate surface area is 127 Å². The zero-order valence-electron chi connectivity index (χ0n) is 11.0. The Kier molecular flexibility index (Phi) is 6.61. The third kappa shape index (κ3) is 5.67. The van der Waals surface area contributed by atoms with E-state index in [1.165, 1.54) is 6.07 Å². The van der Waals surface area contributed by atoms with Crippen LogP contribution in [0.2, 0.25) is 10.0 Å². The molecule has 7 heteroatoms. The second-order valence-electron chi connectivity index (χ2n) is 4.31. The second-order valence-corrected chi connectivity index (χ2v) is 5.15. The van der Waals surface area contributed by atoms with Gasteiger partial charge >= 0.3 is 12.0 Å². The first-order valence-corrected chi connectivity index (χ1v) is 6.92. The maximum atomic E-state index is 11.8. The van der Waals surface area contributed by atoms with Gasteiger partial charge in [-0.2, -0.15) is 0 Å². The van der Waals surface area contributed by atoms with E-state index in [0.717, 1.165) is 6.42 Å². The van der Waals surface area contributed by atoms with Gasteiger partial charge in [-0.25, -0.2) is 4.79 Å². The molecular weight excluding hydrogens is 303 g/mol. The highest BCUT2D eigenvalue weighted by molar-refractivity contribution is 6.36. The van der Waals surface area contributed by atoms with Gasteiger partial charge in [-0.05, 0) is 24.6 Å². The molecule has 0 saturated carbocycles. The highest BCUT2D eigenvalue weighted by Gasteiger charge is 2.15. The van der Waals surface area contributed by atoms with Crippen molar-refractivity contribution in [2.24, 2.45) is 0 Å². The van der Waals surface area contributed by atoms with Gasteiger partial charge in [0.05, 0.1) is 17.1 Å². The van der Waals surface area contributed by atoms with Crippen LogP contribution < -0.4 is 10.6 Å². The molecule has 1 unspecified atom stereocenters. The number of aliphatic carboxylic acids is 1. The number of hydrogen-bond acceptors (Lipinski definition) is 2. The molecule has 1 atom stereocenters. The van der Waals surface area contributed by atoms with Crippen molar-refractivity contribution < 1.29 is 14.7 Å². The largest absolute Gasteiger partial charge is 0.481 e. The molecule has 0 aliphatic heterocycles. The minimum absolute atomic E-state index is 0.115. The molecule has 3 N–H and O–H groups in total. The average molecular weight is 319 g/mol. The second kappa shape index (κ2) is 7.97. The molecule has 0 spiro atoms. The van der Waals surface area contributed by atoms with Crippen molar-refractivity contribution in [3.8, 4) is 0 Å². The Morgan fingerprint density at radius 3 is 2.60 bits per heavy atom. The van der Waals surface area contributed by atoms with Gasteiger partial charge in [0.15, 0.2) is 0 Å². The van der Waals surface area contributed by atoms with Gasteiger partial charge in [-0.3, -0.25) is 4.79 Å². The standard InChI is InChI=1S/C13H16Cl2N2O3/c1-2-3-9(7-12(18)19)16-13(20)17-11-5-4-8(14)6-10(11)15/h4-6,9H,2-3,7H2,1H3,(H,18,19)(H2,16,17,20). The number of halogens is 2. The van der Waals surface area contributed by atoms with E-state index < -0.39 is 18.0 Å². The monoisotopic (exact) mass is 318 g/mol. The fourth-order valence-electron chi connectivity index (χ4n) is 1.72. The van der Waals surface area contributed by atoms with E-state index in [9.17, 15) is 9.59 Å². The summed E-state index contributed by atoms with van der Waals surface area (Å²) in [5.74, 6) is -0.951. The summed E-state index contributed by atoms with van der Waals surface area (Å²) < 4.78 is 0. The van der Waals surface area contributed by atoms with Crippen molar-refractivity contribution in [1.82, 2.24) is 5.32 Å². The van der Waals surface area contributed by atoms with E-state index in [4.69, 9.17) is 28.3 Å². The van der Waals surface area contributed by atoms with E-state index in [2.05, 4.69) is 10.6 Å². The van der Waals surface area contributed by atoms with Crippen LogP contribution in [0.15, 0.2) is 18.2 Å². The number of urea groups is 1. The number of carboxylic acid groups (broad SMARTS) is 1. The Morgan fingerprint density at radius 2 is 2.05 bits per heavy atom. The zero-order valence-corrected chi connectivity index (χ0v) is 12.5. The van der Waals surface area contributed by atoms with Crippen molar-refractivity contribution in [1.29, 1.82) is 0 Å². The van der Waals surface area contributed by atoms with Crippen LogP contribution in [0.3, 0.4) is 0 Å². The number of carboxylic acids is 1. The molecule has 1 aromatic carbocycles. The van der Waals surface area contributed by atoms with Crippen molar-refractivity contribution in [3.63, 3.8) is 0 Å². The van der Waals surface area contributed by atoms with E-state index in [1.807, 2.05) is 6.92 Å². The number of benzene rings is 1. The molecule has 20 heavy (non-hydrogen) atoms. The normalized spacial score (nSPS) is 11.8. The Morgan fingerprint density at radius 1 is 1.35 bits per heavy atom. The number of hydrogen-bond donors (Lipinski definition) is 3. The Balaban J connectivity index is 2.62. The fourth-order valence-corrected chi connectivity index (χ4v) is 2.17. The predicted octanol–water partition coefficient (Wildman–Crippen LogP) is 3.76. The number of anilines is 1. The van der Waals surface area contributed by atoms with Crippen molar-refractivity contribution in [2.75, 3.05) is 5.32 Å². The summed E-state index contributed by atoms with van der Waals surface area (Å²) >= 11 is 11.7. The SMILES string of the molecule is CCCC(CC(=O)O)NC(=O)Nc1ccc(Cl)cc1Cl. The molecule has 0 saturated heterocycles. The summed E-state index contributed by atoms with van der Waals surface area (Å²) in [5.41, 5.74) is 0.416. The molecule has 1 rings (SSSR count). The maximum Gasteiger partial charge on any atom is 0.319 e. The lowest BCUT2D eigenvalue weighted by molar-refractivity contribution is -0.137. The summed E-state index contributed by atoms with van der Waals surface area (Å²) in [5, 5.41) is 14.7. The van der Waals surface area contributed by atoms with Crippen LogP contribution in [0.5, 0.6) is 0 Å². The first kappa shape index (κ1) is 16.6. The van der Waals surface area contributed by atoms with E-state index in [1.54, 1.807) is 12.1 Å². The molecule has 0 heterocycles. The average Bonchev–Trinajstić information content (AvgIpc) is 2.32. The van der Waals surface area contributed by atoms with Crippen LogP contribution in [0.1, 0.15) is 26.2 Å². The van der Waals surface area contributed by atoms with Crippen LogP contribution >= 0.6 is 23.2 Å². The fraction of sp³-hybridized carbons (Fsp3) is 0.385. The van der Waals surface area contributed by atoms with E-state index >= 15 is 0 Å². The van der Waals surface area contributed by atoms with Gasteiger partial charge in [-0.1, -0.05) is 36.5 Å². The van der Waals surface area contributed by atoms with Gasteiger partial charge in [0, 0.05) is 11.1 Å². The lowest BCUT2D eigenvalue weighted by atomic mass is 10.1. The summed E-state index contributed by atoms with van der Waals surface area (Å²) in [6, 6.07) is 3.79. The minimum atomic E-state index is -0.951. The lowest BCUT2D eigenvalue weighted by Crippen LogP contribution is -2.39. The number of carbonyl (C=O) groups excluding carboxylic acids is 1. The van der Waals surface area contributed by atoms with Crippen molar-refractivity contribution >= 4 is 40.9 Å². The predicted molar refractivity (Wildman–Crippen MR) is 79.6 cm³/mol. The molecule has 0 fully saturated rings. The summed E-state index contributed by atoms with van der Waals surface area (Å²) in [6.45, 7) is 1.92. The summed E-state index contributed by atoms with van der Waals surface area (Å²) in [4.78, 5) is 22.5. The molecule has 0 aromatic heterocycles. The van der Waals surface area contributed by atoms with Crippen LogP contribution in [0.4, 0.5) is 10.5 Å². The molecule has 0 bridgehead atoms. The van der Waals surface area contributed by atoms with Crippen LogP contribution in [0, 0.1) is 0 Å². The Hall–Kier alpha value is -1.46. The molecule has 1 aromatic rings. The van der Waals surface area contributed by atoms with Gasteiger partial charge in [-0.15, -0.1) is 0 Å². The molecule has 2 amide bonds. The minimum Gasteiger partial charge on any atom is -0.481 e. The summed E-state index contributed by atoms with van der Waals surface area (Å²) in [6.07, 6.45) is 1.25. The third-order valence-electron chi connectivity index (χ3n) is 2.57. The Bertz CT molecular complexity index is 495. The van der Waals surface area contributed by atoms with Crippen molar-refractivity contribution in [3.05, 3.63) is 28.2 Å². The zero-order chi connectivity index (χ0) is 15.1. The molecular formula is C13H16Cl2N2O3. The number of nitrogens with one attached hydrogen (secondary N) is 2. The highest BCUT2D eigenvalue weighted by Crippen LogP contribution is 2.25. The van der Waals surface area contributed by atoms with Crippen LogP contribution in [-0.2, 0) is 4.79 Å². The van der Waals surface area contributed by atoms with E-state index in [-0.39, 0.29) is 6.42 Å². The lowest BCUT2D eigenvalue weighted by Gasteiger charge is -2.17. The molecule has 0 aliphatic carbocycles. The van der Waals surface area contributed by atoms with Gasteiger partial charge in [0.2, 0.25) is 0 Å². The number of rotatable bonds is 6. The molecule has 5 nitrogen and oxygen atoms in total. The molecule has 0 radical (unpaired) electrons. The van der Waals surface area contributed by atoms with E-state index in [0.29, 0.717) is 22.2 Å². The number of amides is 2. The first-order chi connectivity index (χ1) is 9.42. The molecule has 110 valence electrons. The summed E-state index contributed by atoms with van der Waals surface area (Å²) in [7, 11) is 0. The van der Waals surface area contributed by atoms with Gasteiger partial charge in [0.25, 0.3) is 0 Å². The first-order valence-electron chi connectivity index (χ1n) is 6.16. The van der Waals surface area contributed by atoms with Crippen LogP contribution in [0.25, 0.3) is 0 Å². The van der Waals surface area contributed by atoms with Crippen molar-refractivity contribution in [2.45, 2.75) is 32.2 Å². The van der Waals surface area contributed by atoms with Gasteiger partial charge in [0.1, 0.15) is 0 Å².